The third kappa shape index (κ3) is 4.37. The van der Waals surface area contributed by atoms with Crippen LogP contribution >= 0.6 is 0 Å². The van der Waals surface area contributed by atoms with Crippen molar-refractivity contribution in [1.82, 2.24) is 10.2 Å². The molecule has 3 fully saturated rings. The van der Waals surface area contributed by atoms with E-state index in [9.17, 15) is 19.5 Å². The molecule has 1 saturated heterocycles. The number of aliphatic carboxylic acids is 1. The van der Waals surface area contributed by atoms with Gasteiger partial charge in [-0.3, -0.25) is 4.79 Å². The SMILES string of the molecule is C[C@@H](OC1(C)CC1)[C@H](NC(=O)OC(C)(C)C)C(=O)N1C[C@H]2[C@@H]([C@H]1C(=O)O)C2(C)C. The monoisotopic (exact) mass is 410 g/mol. The maximum atomic E-state index is 13.4. The second-order valence-electron chi connectivity index (χ2n) is 10.6. The van der Waals surface area contributed by atoms with Crippen molar-refractivity contribution in [1.29, 1.82) is 0 Å². The molecule has 1 aliphatic heterocycles. The van der Waals surface area contributed by atoms with Gasteiger partial charge in [-0.15, -0.1) is 0 Å². The lowest BCUT2D eigenvalue weighted by atomic mass is 10.00. The Balaban J connectivity index is 1.78. The zero-order valence-corrected chi connectivity index (χ0v) is 18.4. The minimum absolute atomic E-state index is 0.0664. The van der Waals surface area contributed by atoms with Crippen molar-refractivity contribution in [3.8, 4) is 0 Å². The normalized spacial score (nSPS) is 30.7. The van der Waals surface area contributed by atoms with E-state index in [1.807, 2.05) is 20.8 Å². The fourth-order valence-corrected chi connectivity index (χ4v) is 4.60. The van der Waals surface area contributed by atoms with Crippen molar-refractivity contribution in [2.75, 3.05) is 6.54 Å². The summed E-state index contributed by atoms with van der Waals surface area (Å²) in [4.78, 5) is 39.1. The van der Waals surface area contributed by atoms with Crippen molar-refractivity contribution in [3.05, 3.63) is 0 Å². The van der Waals surface area contributed by atoms with Gasteiger partial charge in [0.15, 0.2) is 0 Å². The summed E-state index contributed by atoms with van der Waals surface area (Å²) in [5.74, 6) is -1.34. The first-order chi connectivity index (χ1) is 13.2. The number of carboxylic acid groups (broad SMARTS) is 1. The molecule has 0 unspecified atom stereocenters. The van der Waals surface area contributed by atoms with Crippen LogP contribution in [0.1, 0.15) is 61.3 Å². The maximum absolute atomic E-state index is 13.4. The minimum Gasteiger partial charge on any atom is -0.480 e. The Hall–Kier alpha value is -1.83. The molecule has 0 aromatic heterocycles. The molecule has 3 rings (SSSR count). The summed E-state index contributed by atoms with van der Waals surface area (Å²) in [6, 6.07) is -1.89. The number of amides is 2. The molecule has 0 aromatic rings. The number of alkyl carbamates (subject to hydrolysis) is 1. The summed E-state index contributed by atoms with van der Waals surface area (Å²) in [6.45, 7) is 13.4. The number of fused-ring (bicyclic) bond motifs is 1. The standard InChI is InChI=1S/C21H34N2O6/c1-11(28-21(7)8-9-21)14(22-18(27)29-19(2,3)4)16(24)23-10-12-13(20(12,5)6)15(23)17(25)26/h11-15H,8-10H2,1-7H3,(H,22,27)(H,25,26)/t11-,12+,13+,14+,15+/m1/s1. The molecule has 3 aliphatic rings. The van der Waals surface area contributed by atoms with Crippen LogP contribution in [0.2, 0.25) is 0 Å². The number of carbonyl (C=O) groups excluding carboxylic acids is 2. The topological polar surface area (TPSA) is 105 Å². The van der Waals surface area contributed by atoms with Crippen LogP contribution in [0, 0.1) is 17.3 Å². The van der Waals surface area contributed by atoms with E-state index in [1.165, 1.54) is 4.90 Å². The average molecular weight is 411 g/mol. The predicted octanol–water partition coefficient (Wildman–Crippen LogP) is 2.40. The molecular weight excluding hydrogens is 376 g/mol. The van der Waals surface area contributed by atoms with E-state index < -0.39 is 41.8 Å². The highest BCUT2D eigenvalue weighted by molar-refractivity contribution is 5.91. The van der Waals surface area contributed by atoms with Crippen molar-refractivity contribution in [3.63, 3.8) is 0 Å². The van der Waals surface area contributed by atoms with Crippen molar-refractivity contribution < 1.29 is 29.0 Å². The molecule has 0 radical (unpaired) electrons. The van der Waals surface area contributed by atoms with Gasteiger partial charge in [0.2, 0.25) is 5.91 Å². The number of ether oxygens (including phenoxy) is 2. The Labute approximate surface area is 172 Å². The highest BCUT2D eigenvalue weighted by atomic mass is 16.6. The van der Waals surface area contributed by atoms with Crippen molar-refractivity contribution in [2.45, 2.75) is 90.7 Å². The van der Waals surface area contributed by atoms with Crippen LogP contribution in [0.4, 0.5) is 4.79 Å². The minimum atomic E-state index is -1.01. The molecule has 2 N–H and O–H groups in total. The molecule has 2 saturated carbocycles. The van der Waals surface area contributed by atoms with Gasteiger partial charge in [0.1, 0.15) is 17.7 Å². The Bertz CT molecular complexity index is 708. The molecule has 8 nitrogen and oxygen atoms in total. The first-order valence-corrected chi connectivity index (χ1v) is 10.4. The van der Waals surface area contributed by atoms with Crippen LogP contribution in [0.3, 0.4) is 0 Å². The van der Waals surface area contributed by atoms with Gasteiger partial charge in [-0.05, 0) is 58.8 Å². The van der Waals surface area contributed by atoms with Gasteiger partial charge in [0.05, 0.1) is 11.7 Å². The Kier molecular flexibility index (Phi) is 5.17. The summed E-state index contributed by atoms with van der Waals surface area (Å²) in [5.41, 5.74) is -1.10. The molecule has 2 amide bonds. The number of likely N-dealkylation sites (tertiary alicyclic amines) is 1. The lowest BCUT2D eigenvalue weighted by Crippen LogP contribution is -2.58. The first kappa shape index (κ1) is 21.9. The summed E-state index contributed by atoms with van der Waals surface area (Å²) in [7, 11) is 0. The largest absolute Gasteiger partial charge is 0.480 e. The van der Waals surface area contributed by atoms with Gasteiger partial charge in [-0.1, -0.05) is 13.8 Å². The van der Waals surface area contributed by atoms with E-state index in [2.05, 4.69) is 5.32 Å². The van der Waals surface area contributed by atoms with E-state index in [0.29, 0.717) is 6.54 Å². The van der Waals surface area contributed by atoms with Gasteiger partial charge < -0.3 is 24.8 Å². The molecule has 0 aromatic carbocycles. The number of piperidine rings is 1. The first-order valence-electron chi connectivity index (χ1n) is 10.4. The number of hydrogen-bond acceptors (Lipinski definition) is 5. The fourth-order valence-electron chi connectivity index (χ4n) is 4.60. The molecule has 164 valence electrons. The summed E-state index contributed by atoms with van der Waals surface area (Å²) >= 11 is 0. The van der Waals surface area contributed by atoms with Gasteiger partial charge in [0.25, 0.3) is 0 Å². The molecule has 0 spiro atoms. The van der Waals surface area contributed by atoms with Gasteiger partial charge >= 0.3 is 12.1 Å². The average Bonchev–Trinajstić information content (AvgIpc) is 3.30. The van der Waals surface area contributed by atoms with E-state index in [4.69, 9.17) is 9.47 Å². The molecular formula is C21H34N2O6. The van der Waals surface area contributed by atoms with Gasteiger partial charge in [-0.25, -0.2) is 9.59 Å². The number of carbonyl (C=O) groups is 3. The van der Waals surface area contributed by atoms with E-state index in [-0.39, 0.29) is 22.9 Å². The van der Waals surface area contributed by atoms with Gasteiger partial charge in [-0.2, -0.15) is 0 Å². The number of carboxylic acids is 1. The number of rotatable bonds is 6. The number of nitrogens with one attached hydrogen (secondary N) is 1. The molecule has 8 heteroatoms. The Morgan fingerprint density at radius 3 is 2.24 bits per heavy atom. The molecule has 1 heterocycles. The van der Waals surface area contributed by atoms with Crippen molar-refractivity contribution in [2.24, 2.45) is 17.3 Å². The molecule has 29 heavy (non-hydrogen) atoms. The molecule has 5 atom stereocenters. The Morgan fingerprint density at radius 1 is 1.17 bits per heavy atom. The van der Waals surface area contributed by atoms with E-state index in [1.54, 1.807) is 27.7 Å². The third-order valence-electron chi connectivity index (χ3n) is 6.58. The summed E-state index contributed by atoms with van der Waals surface area (Å²) in [6.07, 6.45) is 0.459. The lowest BCUT2D eigenvalue weighted by molar-refractivity contribution is -0.153. The zero-order valence-electron chi connectivity index (χ0n) is 18.4. The summed E-state index contributed by atoms with van der Waals surface area (Å²) < 4.78 is 11.4. The highest BCUT2D eigenvalue weighted by Crippen LogP contribution is 2.64. The second-order valence-corrected chi connectivity index (χ2v) is 10.6. The van der Waals surface area contributed by atoms with Crippen LogP contribution in [0.25, 0.3) is 0 Å². The fraction of sp³-hybridized carbons (Fsp3) is 0.857. The van der Waals surface area contributed by atoms with Crippen LogP contribution < -0.4 is 5.32 Å². The zero-order chi connectivity index (χ0) is 21.9. The lowest BCUT2D eigenvalue weighted by Gasteiger charge is -2.34. The Morgan fingerprint density at radius 2 is 1.76 bits per heavy atom. The molecule has 0 bridgehead atoms. The quantitative estimate of drug-likeness (QED) is 0.697. The third-order valence-corrected chi connectivity index (χ3v) is 6.58. The smallest absolute Gasteiger partial charge is 0.408 e. The summed E-state index contributed by atoms with van der Waals surface area (Å²) in [5, 5.41) is 12.4. The number of nitrogens with zero attached hydrogens (tertiary/aromatic N) is 1. The van der Waals surface area contributed by atoms with Crippen LogP contribution in [-0.2, 0) is 19.1 Å². The van der Waals surface area contributed by atoms with Crippen molar-refractivity contribution >= 4 is 18.0 Å². The molecule has 2 aliphatic carbocycles. The number of hydrogen-bond donors (Lipinski definition) is 2. The van der Waals surface area contributed by atoms with E-state index in [0.717, 1.165) is 12.8 Å². The van der Waals surface area contributed by atoms with Gasteiger partial charge in [0, 0.05) is 12.5 Å². The predicted molar refractivity (Wildman–Crippen MR) is 105 cm³/mol. The van der Waals surface area contributed by atoms with Crippen LogP contribution in [0.5, 0.6) is 0 Å². The van der Waals surface area contributed by atoms with Crippen LogP contribution in [0.15, 0.2) is 0 Å². The maximum Gasteiger partial charge on any atom is 0.408 e. The van der Waals surface area contributed by atoms with Crippen LogP contribution in [-0.4, -0.2) is 63.9 Å². The van der Waals surface area contributed by atoms with E-state index >= 15 is 0 Å². The second kappa shape index (κ2) is 6.86. The highest BCUT2D eigenvalue weighted by Gasteiger charge is 2.70.